The molecule has 0 aliphatic heterocycles. The number of nitrogens with two attached hydrogens (primary N) is 1. The fourth-order valence-corrected chi connectivity index (χ4v) is 1.96. The Morgan fingerprint density at radius 3 is 3.00 bits per heavy atom. The molecule has 0 aliphatic rings. The van der Waals surface area contributed by atoms with Crippen LogP contribution >= 0.6 is 0 Å². The minimum atomic E-state index is -0.257. The lowest BCUT2D eigenvalue weighted by Gasteiger charge is -2.03. The van der Waals surface area contributed by atoms with E-state index in [0.717, 1.165) is 11.2 Å². The lowest BCUT2D eigenvalue weighted by molar-refractivity contribution is 0.0947. The predicted molar refractivity (Wildman–Crippen MR) is 75.9 cm³/mol. The Hall–Kier alpha value is -2.89. The average molecular weight is 267 g/mol. The van der Waals surface area contributed by atoms with Gasteiger partial charge in [-0.2, -0.15) is 5.10 Å². The second-order valence-corrected chi connectivity index (χ2v) is 4.38. The number of hydrogen-bond acceptors (Lipinski definition) is 4. The van der Waals surface area contributed by atoms with Crippen molar-refractivity contribution in [2.75, 3.05) is 5.73 Å². The highest BCUT2D eigenvalue weighted by atomic mass is 16.1. The number of fused-ring (bicyclic) bond motifs is 1. The molecule has 6 heteroatoms. The van der Waals surface area contributed by atoms with E-state index in [1.165, 1.54) is 0 Å². The molecule has 0 saturated carbocycles. The van der Waals surface area contributed by atoms with E-state index in [0.29, 0.717) is 23.3 Å². The van der Waals surface area contributed by atoms with Crippen molar-refractivity contribution in [2.45, 2.75) is 6.54 Å². The standard InChI is InChI=1S/C14H13N5O/c15-9-4-5-12-11(7-9)13(19-18-12)14(20)17-8-10-3-1-2-6-16-10/h1-7H,8,15H2,(H,17,20)(H,18,19). The first-order chi connectivity index (χ1) is 9.74. The Bertz CT molecular complexity index is 751. The number of nitrogens with one attached hydrogen (secondary N) is 2. The maximum absolute atomic E-state index is 12.1. The van der Waals surface area contributed by atoms with Crippen molar-refractivity contribution in [3.63, 3.8) is 0 Å². The summed E-state index contributed by atoms with van der Waals surface area (Å²) in [4.78, 5) is 16.3. The van der Waals surface area contributed by atoms with Gasteiger partial charge in [0.25, 0.3) is 5.91 Å². The number of carbonyl (C=O) groups is 1. The van der Waals surface area contributed by atoms with Crippen molar-refractivity contribution in [1.82, 2.24) is 20.5 Å². The molecule has 0 aliphatic carbocycles. The van der Waals surface area contributed by atoms with Crippen LogP contribution in [0.5, 0.6) is 0 Å². The molecule has 2 aromatic heterocycles. The normalized spacial score (nSPS) is 10.6. The topological polar surface area (TPSA) is 96.7 Å². The number of hydrogen-bond donors (Lipinski definition) is 3. The van der Waals surface area contributed by atoms with Gasteiger partial charge in [-0.15, -0.1) is 0 Å². The maximum atomic E-state index is 12.1. The van der Waals surface area contributed by atoms with Crippen LogP contribution in [0.2, 0.25) is 0 Å². The molecule has 0 saturated heterocycles. The van der Waals surface area contributed by atoms with E-state index in [1.54, 1.807) is 24.4 Å². The zero-order valence-electron chi connectivity index (χ0n) is 10.6. The van der Waals surface area contributed by atoms with Gasteiger partial charge in [-0.3, -0.25) is 14.9 Å². The van der Waals surface area contributed by atoms with Gasteiger partial charge in [0.15, 0.2) is 5.69 Å². The van der Waals surface area contributed by atoms with E-state index in [9.17, 15) is 4.79 Å². The van der Waals surface area contributed by atoms with Crippen molar-refractivity contribution < 1.29 is 4.79 Å². The Balaban J connectivity index is 1.80. The third-order valence-electron chi connectivity index (χ3n) is 2.96. The summed E-state index contributed by atoms with van der Waals surface area (Å²) in [5.41, 5.74) is 8.24. The number of amides is 1. The first-order valence-corrected chi connectivity index (χ1v) is 6.16. The molecular formula is C14H13N5O. The van der Waals surface area contributed by atoms with Crippen LogP contribution in [0.1, 0.15) is 16.2 Å². The molecule has 100 valence electrons. The van der Waals surface area contributed by atoms with Crippen LogP contribution in [-0.2, 0) is 6.54 Å². The molecule has 20 heavy (non-hydrogen) atoms. The van der Waals surface area contributed by atoms with Gasteiger partial charge >= 0.3 is 0 Å². The zero-order chi connectivity index (χ0) is 13.9. The van der Waals surface area contributed by atoms with Gasteiger partial charge in [-0.25, -0.2) is 0 Å². The summed E-state index contributed by atoms with van der Waals surface area (Å²) in [6.45, 7) is 0.357. The van der Waals surface area contributed by atoms with Crippen LogP contribution < -0.4 is 11.1 Å². The molecule has 0 spiro atoms. The molecule has 0 atom stereocenters. The molecule has 3 aromatic rings. The predicted octanol–water partition coefficient (Wildman–Crippen LogP) is 1.47. The number of aromatic amines is 1. The van der Waals surface area contributed by atoms with Crippen molar-refractivity contribution in [3.8, 4) is 0 Å². The summed E-state index contributed by atoms with van der Waals surface area (Å²) in [7, 11) is 0. The second kappa shape index (κ2) is 5.00. The smallest absolute Gasteiger partial charge is 0.272 e. The van der Waals surface area contributed by atoms with Crippen LogP contribution in [0.4, 0.5) is 5.69 Å². The molecule has 1 amide bonds. The summed E-state index contributed by atoms with van der Waals surface area (Å²) < 4.78 is 0. The summed E-state index contributed by atoms with van der Waals surface area (Å²) in [5.74, 6) is -0.257. The van der Waals surface area contributed by atoms with Crippen LogP contribution in [0.25, 0.3) is 10.9 Å². The number of nitrogens with zero attached hydrogens (tertiary/aromatic N) is 2. The Kier molecular flexibility index (Phi) is 3.04. The largest absolute Gasteiger partial charge is 0.399 e. The second-order valence-electron chi connectivity index (χ2n) is 4.38. The monoisotopic (exact) mass is 267 g/mol. The number of pyridine rings is 1. The number of nitrogen functional groups attached to an aromatic ring is 1. The van der Waals surface area contributed by atoms with Crippen LogP contribution in [0.15, 0.2) is 42.6 Å². The number of H-pyrrole nitrogens is 1. The molecule has 2 heterocycles. The first kappa shape index (κ1) is 12.2. The van der Waals surface area contributed by atoms with Gasteiger partial charge in [0.2, 0.25) is 0 Å². The molecule has 3 rings (SSSR count). The Morgan fingerprint density at radius 1 is 1.30 bits per heavy atom. The fraction of sp³-hybridized carbons (Fsp3) is 0.0714. The lowest BCUT2D eigenvalue weighted by Crippen LogP contribution is -2.23. The number of anilines is 1. The summed E-state index contributed by atoms with van der Waals surface area (Å²) in [5, 5.41) is 10.3. The van der Waals surface area contributed by atoms with Gasteiger partial charge in [-0.05, 0) is 30.3 Å². The summed E-state index contributed by atoms with van der Waals surface area (Å²) in [6, 6.07) is 10.8. The highest BCUT2D eigenvalue weighted by Crippen LogP contribution is 2.18. The molecular weight excluding hydrogens is 254 g/mol. The van der Waals surface area contributed by atoms with E-state index >= 15 is 0 Å². The van der Waals surface area contributed by atoms with Gasteiger partial charge in [0.05, 0.1) is 17.8 Å². The van der Waals surface area contributed by atoms with E-state index in [4.69, 9.17) is 5.73 Å². The van der Waals surface area contributed by atoms with Crippen LogP contribution in [0.3, 0.4) is 0 Å². The Labute approximate surface area is 115 Å². The van der Waals surface area contributed by atoms with Gasteiger partial charge < -0.3 is 11.1 Å². The number of rotatable bonds is 3. The molecule has 6 nitrogen and oxygen atoms in total. The van der Waals surface area contributed by atoms with Crippen molar-refractivity contribution in [3.05, 3.63) is 54.0 Å². The quantitative estimate of drug-likeness (QED) is 0.626. The molecule has 1 aromatic carbocycles. The summed E-state index contributed by atoms with van der Waals surface area (Å²) in [6.07, 6.45) is 1.69. The van der Waals surface area contributed by atoms with E-state index in [2.05, 4.69) is 20.5 Å². The molecule has 4 N–H and O–H groups in total. The van der Waals surface area contributed by atoms with Crippen LogP contribution in [-0.4, -0.2) is 21.1 Å². The van der Waals surface area contributed by atoms with E-state index in [1.807, 2.05) is 18.2 Å². The third-order valence-corrected chi connectivity index (χ3v) is 2.96. The molecule has 0 bridgehead atoms. The number of carbonyl (C=O) groups excluding carboxylic acids is 1. The maximum Gasteiger partial charge on any atom is 0.272 e. The van der Waals surface area contributed by atoms with Crippen LogP contribution in [0, 0.1) is 0 Å². The average Bonchev–Trinajstić information content (AvgIpc) is 2.89. The lowest BCUT2D eigenvalue weighted by atomic mass is 10.2. The SMILES string of the molecule is Nc1ccc2[nH]nc(C(=O)NCc3ccccn3)c2c1. The van der Waals surface area contributed by atoms with E-state index < -0.39 is 0 Å². The Morgan fingerprint density at radius 2 is 2.20 bits per heavy atom. The van der Waals surface area contributed by atoms with E-state index in [-0.39, 0.29) is 5.91 Å². The zero-order valence-corrected chi connectivity index (χ0v) is 10.6. The minimum absolute atomic E-state index is 0.257. The molecule has 0 radical (unpaired) electrons. The number of aromatic nitrogens is 3. The highest BCUT2D eigenvalue weighted by molar-refractivity contribution is 6.05. The van der Waals surface area contributed by atoms with Gasteiger partial charge in [-0.1, -0.05) is 6.07 Å². The highest BCUT2D eigenvalue weighted by Gasteiger charge is 2.14. The summed E-state index contributed by atoms with van der Waals surface area (Å²) >= 11 is 0. The van der Waals surface area contributed by atoms with Crippen molar-refractivity contribution >= 4 is 22.5 Å². The molecule has 0 unspecified atom stereocenters. The number of benzene rings is 1. The molecule has 0 fully saturated rings. The van der Waals surface area contributed by atoms with Gasteiger partial charge in [0, 0.05) is 17.3 Å². The third kappa shape index (κ3) is 2.31. The van der Waals surface area contributed by atoms with Crippen molar-refractivity contribution in [2.24, 2.45) is 0 Å². The van der Waals surface area contributed by atoms with Crippen molar-refractivity contribution in [1.29, 1.82) is 0 Å². The minimum Gasteiger partial charge on any atom is -0.399 e. The first-order valence-electron chi connectivity index (χ1n) is 6.16. The van der Waals surface area contributed by atoms with Gasteiger partial charge in [0.1, 0.15) is 0 Å². The fourth-order valence-electron chi connectivity index (χ4n) is 1.96.